The van der Waals surface area contributed by atoms with Crippen LogP contribution in [0.4, 0.5) is 0 Å². The fraction of sp³-hybridized carbons (Fsp3) is 0.222. The SMILES string of the molecule is Cn1cc(Cn2cc(Br)c(=O)[nH]c2=O)cn1. The maximum Gasteiger partial charge on any atom is 0.328 e. The maximum atomic E-state index is 11.5. The Labute approximate surface area is 98.7 Å². The number of nitrogens with zero attached hydrogens (tertiary/aromatic N) is 3. The molecule has 16 heavy (non-hydrogen) atoms. The highest BCUT2D eigenvalue weighted by Crippen LogP contribution is 2.02. The molecule has 2 heterocycles. The van der Waals surface area contributed by atoms with Crippen LogP contribution in [0, 0.1) is 0 Å². The van der Waals surface area contributed by atoms with Gasteiger partial charge in [-0.2, -0.15) is 5.10 Å². The quantitative estimate of drug-likeness (QED) is 0.849. The molecule has 0 saturated heterocycles. The van der Waals surface area contributed by atoms with Crippen molar-refractivity contribution in [3.05, 3.63) is 49.5 Å². The molecular formula is C9H9BrN4O2. The van der Waals surface area contributed by atoms with Crippen molar-refractivity contribution in [3.63, 3.8) is 0 Å². The zero-order valence-corrected chi connectivity index (χ0v) is 10.1. The number of H-pyrrole nitrogens is 1. The molecule has 2 aromatic heterocycles. The van der Waals surface area contributed by atoms with E-state index in [0.29, 0.717) is 11.0 Å². The first-order chi connectivity index (χ1) is 7.56. The van der Waals surface area contributed by atoms with Crippen molar-refractivity contribution in [2.75, 3.05) is 0 Å². The van der Waals surface area contributed by atoms with Crippen LogP contribution in [0.1, 0.15) is 5.56 Å². The van der Waals surface area contributed by atoms with Gasteiger partial charge in [0.1, 0.15) is 0 Å². The zero-order valence-electron chi connectivity index (χ0n) is 8.48. The fourth-order valence-electron chi connectivity index (χ4n) is 1.35. The van der Waals surface area contributed by atoms with E-state index in [1.807, 2.05) is 6.20 Å². The predicted molar refractivity (Wildman–Crippen MR) is 61.3 cm³/mol. The molecule has 0 aliphatic heterocycles. The maximum absolute atomic E-state index is 11.5. The lowest BCUT2D eigenvalue weighted by Crippen LogP contribution is -2.30. The number of halogens is 1. The van der Waals surface area contributed by atoms with Crippen LogP contribution in [0.2, 0.25) is 0 Å². The second-order valence-corrected chi connectivity index (χ2v) is 4.24. The number of hydrogen-bond acceptors (Lipinski definition) is 3. The van der Waals surface area contributed by atoms with Crippen molar-refractivity contribution < 1.29 is 0 Å². The van der Waals surface area contributed by atoms with Crippen LogP contribution in [-0.2, 0) is 13.6 Å². The topological polar surface area (TPSA) is 72.7 Å². The van der Waals surface area contributed by atoms with Gasteiger partial charge in [-0.25, -0.2) is 4.79 Å². The summed E-state index contributed by atoms with van der Waals surface area (Å²) in [5.74, 6) is 0. The molecule has 2 aromatic rings. The Morgan fingerprint density at radius 1 is 1.44 bits per heavy atom. The summed E-state index contributed by atoms with van der Waals surface area (Å²) >= 11 is 3.07. The monoisotopic (exact) mass is 284 g/mol. The molecule has 6 nitrogen and oxygen atoms in total. The third kappa shape index (κ3) is 2.13. The van der Waals surface area contributed by atoms with E-state index in [0.717, 1.165) is 5.56 Å². The summed E-state index contributed by atoms with van der Waals surface area (Å²) in [5, 5.41) is 4.00. The molecule has 0 aliphatic carbocycles. The molecule has 0 bridgehead atoms. The number of rotatable bonds is 2. The number of aromatic nitrogens is 4. The van der Waals surface area contributed by atoms with Crippen LogP contribution in [0.25, 0.3) is 0 Å². The molecule has 0 fully saturated rings. The average Bonchev–Trinajstić information content (AvgIpc) is 2.60. The van der Waals surface area contributed by atoms with Crippen LogP contribution < -0.4 is 11.2 Å². The summed E-state index contributed by atoms with van der Waals surface area (Å²) in [7, 11) is 1.80. The molecule has 7 heteroatoms. The summed E-state index contributed by atoms with van der Waals surface area (Å²) < 4.78 is 3.39. The number of nitrogens with one attached hydrogen (secondary N) is 1. The van der Waals surface area contributed by atoms with Gasteiger partial charge in [0, 0.05) is 25.0 Å². The molecule has 0 spiro atoms. The second-order valence-electron chi connectivity index (χ2n) is 3.39. The molecule has 0 amide bonds. The molecule has 0 unspecified atom stereocenters. The zero-order chi connectivity index (χ0) is 11.7. The normalized spacial score (nSPS) is 10.6. The Morgan fingerprint density at radius 2 is 2.19 bits per heavy atom. The van der Waals surface area contributed by atoms with Gasteiger partial charge in [0.05, 0.1) is 17.2 Å². The van der Waals surface area contributed by atoms with Crippen molar-refractivity contribution in [2.24, 2.45) is 7.05 Å². The number of aryl methyl sites for hydroxylation is 1. The molecule has 1 N–H and O–H groups in total. The Morgan fingerprint density at radius 3 is 2.81 bits per heavy atom. The standard InChI is InChI=1S/C9H9BrN4O2/c1-13-3-6(2-11-13)4-14-5-7(10)8(15)12-9(14)16/h2-3,5H,4H2,1H3,(H,12,15,16). The van der Waals surface area contributed by atoms with E-state index in [-0.39, 0.29) is 0 Å². The summed E-state index contributed by atoms with van der Waals surface area (Å²) in [4.78, 5) is 24.8. The number of aromatic amines is 1. The van der Waals surface area contributed by atoms with Crippen molar-refractivity contribution in [1.82, 2.24) is 19.3 Å². The lowest BCUT2D eigenvalue weighted by atomic mass is 10.3. The first-order valence-electron chi connectivity index (χ1n) is 4.53. The van der Waals surface area contributed by atoms with Gasteiger partial charge >= 0.3 is 5.69 Å². The predicted octanol–water partition coefficient (Wildman–Crippen LogP) is 0.0809. The highest BCUT2D eigenvalue weighted by molar-refractivity contribution is 9.10. The molecule has 0 saturated carbocycles. The van der Waals surface area contributed by atoms with E-state index >= 15 is 0 Å². The minimum absolute atomic E-state index is 0.330. The highest BCUT2D eigenvalue weighted by Gasteiger charge is 2.03. The summed E-state index contributed by atoms with van der Waals surface area (Å²) in [6, 6.07) is 0. The van der Waals surface area contributed by atoms with E-state index in [9.17, 15) is 9.59 Å². The summed E-state index contributed by atoms with van der Waals surface area (Å²) in [6.45, 7) is 0.377. The van der Waals surface area contributed by atoms with E-state index in [1.54, 1.807) is 17.9 Å². The Hall–Kier alpha value is -1.63. The number of hydrogen-bond donors (Lipinski definition) is 1. The molecular weight excluding hydrogens is 276 g/mol. The molecule has 0 aromatic carbocycles. The summed E-state index contributed by atoms with van der Waals surface area (Å²) in [5.41, 5.74) is 0.0352. The van der Waals surface area contributed by atoms with Crippen molar-refractivity contribution in [2.45, 2.75) is 6.54 Å². The molecule has 84 valence electrons. The van der Waals surface area contributed by atoms with Crippen LogP contribution in [0.5, 0.6) is 0 Å². The van der Waals surface area contributed by atoms with E-state index in [1.165, 1.54) is 10.8 Å². The van der Waals surface area contributed by atoms with Gasteiger partial charge in [0.15, 0.2) is 0 Å². The average molecular weight is 285 g/mol. The van der Waals surface area contributed by atoms with Gasteiger partial charge < -0.3 is 0 Å². The van der Waals surface area contributed by atoms with Crippen molar-refractivity contribution >= 4 is 15.9 Å². The van der Waals surface area contributed by atoms with Crippen LogP contribution in [0.3, 0.4) is 0 Å². The highest BCUT2D eigenvalue weighted by atomic mass is 79.9. The Bertz CT molecular complexity index is 625. The van der Waals surface area contributed by atoms with E-state index in [4.69, 9.17) is 0 Å². The van der Waals surface area contributed by atoms with Gasteiger partial charge in [-0.1, -0.05) is 0 Å². The van der Waals surface area contributed by atoms with Gasteiger partial charge in [0.25, 0.3) is 5.56 Å². The molecule has 0 aliphatic rings. The first-order valence-corrected chi connectivity index (χ1v) is 5.32. The van der Waals surface area contributed by atoms with Gasteiger partial charge in [-0.05, 0) is 15.9 Å². The molecule has 2 rings (SSSR count). The van der Waals surface area contributed by atoms with Crippen molar-refractivity contribution in [1.29, 1.82) is 0 Å². The third-order valence-corrected chi connectivity index (χ3v) is 2.64. The van der Waals surface area contributed by atoms with Crippen LogP contribution in [-0.4, -0.2) is 19.3 Å². The van der Waals surface area contributed by atoms with Gasteiger partial charge in [-0.15, -0.1) is 0 Å². The minimum atomic E-state index is -0.433. The minimum Gasteiger partial charge on any atom is -0.295 e. The Kier molecular flexibility index (Phi) is 2.78. The van der Waals surface area contributed by atoms with Crippen molar-refractivity contribution in [3.8, 4) is 0 Å². The first kappa shape index (κ1) is 10.9. The van der Waals surface area contributed by atoms with Crippen LogP contribution in [0.15, 0.2) is 32.7 Å². The van der Waals surface area contributed by atoms with E-state index in [2.05, 4.69) is 26.0 Å². The lowest BCUT2D eigenvalue weighted by Gasteiger charge is -2.02. The smallest absolute Gasteiger partial charge is 0.295 e. The lowest BCUT2D eigenvalue weighted by molar-refractivity contribution is 0.713. The third-order valence-electron chi connectivity index (χ3n) is 2.08. The van der Waals surface area contributed by atoms with E-state index < -0.39 is 11.2 Å². The van der Waals surface area contributed by atoms with Gasteiger partial charge in [0.2, 0.25) is 0 Å². The fourth-order valence-corrected chi connectivity index (χ4v) is 1.70. The largest absolute Gasteiger partial charge is 0.328 e. The summed E-state index contributed by atoms with van der Waals surface area (Å²) in [6.07, 6.45) is 4.95. The van der Waals surface area contributed by atoms with Gasteiger partial charge in [-0.3, -0.25) is 19.0 Å². The molecule has 0 radical (unpaired) electrons. The Balaban J connectivity index is 2.39. The second kappa shape index (κ2) is 4.09. The van der Waals surface area contributed by atoms with Crippen LogP contribution >= 0.6 is 15.9 Å². The molecule has 0 atom stereocenters.